The molecule has 2 rings (SSSR count). The van der Waals surface area contributed by atoms with Gasteiger partial charge in [0.1, 0.15) is 11.6 Å². The van der Waals surface area contributed by atoms with Gasteiger partial charge < -0.3 is 10.5 Å². The molecule has 0 spiro atoms. The molecule has 0 radical (unpaired) electrons. The zero-order chi connectivity index (χ0) is 14.8. The van der Waals surface area contributed by atoms with Crippen molar-refractivity contribution in [3.8, 4) is 16.9 Å². The third-order valence-electron chi connectivity index (χ3n) is 3.18. The summed E-state index contributed by atoms with van der Waals surface area (Å²) in [6.45, 7) is 6.32. The molecule has 2 nitrogen and oxygen atoms in total. The predicted molar refractivity (Wildman–Crippen MR) is 80.2 cm³/mol. The second-order valence-corrected chi connectivity index (χ2v) is 5.37. The fraction of sp³-hybridized carbons (Fsp3) is 0.294. The molecule has 0 fully saturated rings. The van der Waals surface area contributed by atoms with E-state index >= 15 is 0 Å². The minimum Gasteiger partial charge on any atom is -0.493 e. The zero-order valence-electron chi connectivity index (χ0n) is 12.1. The largest absolute Gasteiger partial charge is 0.493 e. The van der Waals surface area contributed by atoms with E-state index in [1.807, 2.05) is 45.0 Å². The predicted octanol–water partition coefficient (Wildman–Crippen LogP) is 4.09. The van der Waals surface area contributed by atoms with Crippen molar-refractivity contribution in [1.82, 2.24) is 0 Å². The molecule has 0 aliphatic heterocycles. The van der Waals surface area contributed by atoms with Gasteiger partial charge in [0.15, 0.2) is 0 Å². The van der Waals surface area contributed by atoms with Gasteiger partial charge >= 0.3 is 0 Å². The lowest BCUT2D eigenvalue weighted by atomic mass is 9.93. The van der Waals surface area contributed by atoms with Gasteiger partial charge in [0.05, 0.1) is 6.61 Å². The fourth-order valence-corrected chi connectivity index (χ4v) is 2.09. The van der Waals surface area contributed by atoms with E-state index in [0.717, 1.165) is 16.7 Å². The Morgan fingerprint density at radius 3 is 2.30 bits per heavy atom. The first kappa shape index (κ1) is 14.5. The first-order valence-corrected chi connectivity index (χ1v) is 6.74. The summed E-state index contributed by atoms with van der Waals surface area (Å²) in [6.07, 6.45) is 0. The third-order valence-corrected chi connectivity index (χ3v) is 3.18. The third kappa shape index (κ3) is 3.17. The molecule has 106 valence electrons. The van der Waals surface area contributed by atoms with Crippen LogP contribution in [-0.2, 0) is 5.54 Å². The lowest BCUT2D eigenvalue weighted by Crippen LogP contribution is -2.28. The van der Waals surface area contributed by atoms with Crippen LogP contribution in [0.3, 0.4) is 0 Å². The molecule has 0 aliphatic carbocycles. The average Bonchev–Trinajstić information content (AvgIpc) is 2.38. The standard InChI is InChI=1S/C17H20FNO/c1-4-20-16-11-14(18)9-10-15(16)12-5-7-13(8-6-12)17(2,3)19/h5-11H,4,19H2,1-3H3. The quantitative estimate of drug-likeness (QED) is 0.910. The number of benzene rings is 2. The Hall–Kier alpha value is -1.87. The van der Waals surface area contributed by atoms with E-state index in [2.05, 4.69) is 0 Å². The molecule has 0 aromatic heterocycles. The fourth-order valence-electron chi connectivity index (χ4n) is 2.09. The molecule has 2 aromatic rings. The molecular weight excluding hydrogens is 253 g/mol. The van der Waals surface area contributed by atoms with E-state index in [1.165, 1.54) is 12.1 Å². The molecule has 0 saturated carbocycles. The summed E-state index contributed by atoms with van der Waals surface area (Å²) in [6, 6.07) is 12.6. The van der Waals surface area contributed by atoms with Crippen molar-refractivity contribution < 1.29 is 9.13 Å². The number of hydrogen-bond acceptors (Lipinski definition) is 2. The molecule has 0 aliphatic rings. The van der Waals surface area contributed by atoms with Crippen LogP contribution >= 0.6 is 0 Å². The smallest absolute Gasteiger partial charge is 0.130 e. The Kier molecular flexibility index (Phi) is 4.09. The Morgan fingerprint density at radius 2 is 1.75 bits per heavy atom. The maximum Gasteiger partial charge on any atom is 0.130 e. The van der Waals surface area contributed by atoms with Crippen LogP contribution in [0.4, 0.5) is 4.39 Å². The minimum atomic E-state index is -0.371. The molecule has 20 heavy (non-hydrogen) atoms. The molecule has 0 unspecified atom stereocenters. The van der Waals surface area contributed by atoms with Crippen LogP contribution in [0.15, 0.2) is 42.5 Å². The highest BCUT2D eigenvalue weighted by molar-refractivity contribution is 5.70. The summed E-state index contributed by atoms with van der Waals surface area (Å²) in [5.74, 6) is 0.268. The van der Waals surface area contributed by atoms with E-state index in [1.54, 1.807) is 6.07 Å². The molecule has 0 amide bonds. The maximum absolute atomic E-state index is 13.3. The van der Waals surface area contributed by atoms with Crippen molar-refractivity contribution in [2.45, 2.75) is 26.3 Å². The highest BCUT2D eigenvalue weighted by atomic mass is 19.1. The summed E-state index contributed by atoms with van der Waals surface area (Å²) >= 11 is 0. The highest BCUT2D eigenvalue weighted by Crippen LogP contribution is 2.31. The molecule has 0 atom stereocenters. The number of rotatable bonds is 4. The summed E-state index contributed by atoms with van der Waals surface area (Å²) in [5.41, 5.74) is 8.63. The van der Waals surface area contributed by atoms with Crippen molar-refractivity contribution in [2.75, 3.05) is 6.61 Å². The van der Waals surface area contributed by atoms with Gasteiger partial charge in [0.25, 0.3) is 0 Å². The van der Waals surface area contributed by atoms with Gasteiger partial charge in [0.2, 0.25) is 0 Å². The van der Waals surface area contributed by atoms with Crippen molar-refractivity contribution in [1.29, 1.82) is 0 Å². The molecule has 0 bridgehead atoms. The Bertz CT molecular complexity index is 585. The molecule has 3 heteroatoms. The van der Waals surface area contributed by atoms with Gasteiger partial charge in [-0.25, -0.2) is 4.39 Å². The average molecular weight is 273 g/mol. The zero-order valence-corrected chi connectivity index (χ0v) is 12.1. The van der Waals surface area contributed by atoms with E-state index < -0.39 is 0 Å². The van der Waals surface area contributed by atoms with Gasteiger partial charge in [-0.15, -0.1) is 0 Å². The Labute approximate surface area is 119 Å². The number of ether oxygens (including phenoxy) is 1. The van der Waals surface area contributed by atoms with Crippen molar-refractivity contribution in [3.05, 3.63) is 53.8 Å². The van der Waals surface area contributed by atoms with Crippen LogP contribution in [0.25, 0.3) is 11.1 Å². The normalized spacial score (nSPS) is 11.4. The topological polar surface area (TPSA) is 35.2 Å². The van der Waals surface area contributed by atoms with E-state index in [0.29, 0.717) is 12.4 Å². The summed E-state index contributed by atoms with van der Waals surface area (Å²) in [4.78, 5) is 0. The monoisotopic (exact) mass is 273 g/mol. The highest BCUT2D eigenvalue weighted by Gasteiger charge is 2.14. The summed E-state index contributed by atoms with van der Waals surface area (Å²) < 4.78 is 18.8. The van der Waals surface area contributed by atoms with Gasteiger partial charge in [-0.2, -0.15) is 0 Å². The first-order chi connectivity index (χ1) is 9.41. The number of nitrogens with two attached hydrogens (primary N) is 1. The van der Waals surface area contributed by atoms with E-state index in [9.17, 15) is 4.39 Å². The van der Waals surface area contributed by atoms with Crippen molar-refractivity contribution in [3.63, 3.8) is 0 Å². The summed E-state index contributed by atoms with van der Waals surface area (Å²) in [7, 11) is 0. The lowest BCUT2D eigenvalue weighted by molar-refractivity contribution is 0.339. The molecule has 2 aromatic carbocycles. The van der Waals surface area contributed by atoms with Crippen LogP contribution < -0.4 is 10.5 Å². The molecule has 2 N–H and O–H groups in total. The van der Waals surface area contributed by atoms with E-state index in [4.69, 9.17) is 10.5 Å². The van der Waals surface area contributed by atoms with Gasteiger partial charge in [-0.3, -0.25) is 0 Å². The molecule has 0 saturated heterocycles. The Balaban J connectivity index is 2.41. The minimum absolute atomic E-state index is 0.295. The molecule has 0 heterocycles. The van der Waals surface area contributed by atoms with Crippen LogP contribution in [0.1, 0.15) is 26.3 Å². The van der Waals surface area contributed by atoms with Gasteiger partial charge in [-0.05, 0) is 44.0 Å². The van der Waals surface area contributed by atoms with Crippen LogP contribution in [-0.4, -0.2) is 6.61 Å². The maximum atomic E-state index is 13.3. The first-order valence-electron chi connectivity index (χ1n) is 6.74. The SMILES string of the molecule is CCOc1cc(F)ccc1-c1ccc(C(C)(C)N)cc1. The number of halogens is 1. The number of hydrogen-bond donors (Lipinski definition) is 1. The van der Waals surface area contributed by atoms with Crippen LogP contribution in [0.5, 0.6) is 5.75 Å². The van der Waals surface area contributed by atoms with Gasteiger partial charge in [0, 0.05) is 17.2 Å². The second-order valence-electron chi connectivity index (χ2n) is 5.37. The Morgan fingerprint density at radius 1 is 1.10 bits per heavy atom. The van der Waals surface area contributed by atoms with Gasteiger partial charge in [-0.1, -0.05) is 24.3 Å². The lowest BCUT2D eigenvalue weighted by Gasteiger charge is -2.19. The van der Waals surface area contributed by atoms with Crippen LogP contribution in [0.2, 0.25) is 0 Å². The molecular formula is C17H20FNO. The van der Waals surface area contributed by atoms with E-state index in [-0.39, 0.29) is 11.4 Å². The summed E-state index contributed by atoms with van der Waals surface area (Å²) in [5, 5.41) is 0. The van der Waals surface area contributed by atoms with Crippen molar-refractivity contribution in [2.24, 2.45) is 5.73 Å². The van der Waals surface area contributed by atoms with Crippen LogP contribution in [0, 0.1) is 5.82 Å². The van der Waals surface area contributed by atoms with Crippen molar-refractivity contribution >= 4 is 0 Å². The second kappa shape index (κ2) is 5.63.